The quantitative estimate of drug-likeness (QED) is 0.754. The van der Waals surface area contributed by atoms with Crippen LogP contribution in [0.2, 0.25) is 0 Å². The molecule has 0 saturated heterocycles. The minimum atomic E-state index is 0. The molecule has 0 aromatic heterocycles. The van der Waals surface area contributed by atoms with Crippen molar-refractivity contribution in [3.63, 3.8) is 0 Å². The van der Waals surface area contributed by atoms with Crippen molar-refractivity contribution >= 4 is 12.4 Å². The maximum absolute atomic E-state index is 5.65. The summed E-state index contributed by atoms with van der Waals surface area (Å²) in [6.07, 6.45) is 0. The van der Waals surface area contributed by atoms with Gasteiger partial charge in [0.25, 0.3) is 0 Å². The van der Waals surface area contributed by atoms with Crippen LogP contribution in [0.25, 0.3) is 0 Å². The lowest BCUT2D eigenvalue weighted by molar-refractivity contribution is 0.325. The van der Waals surface area contributed by atoms with Crippen LogP contribution in [0.3, 0.4) is 0 Å². The summed E-state index contributed by atoms with van der Waals surface area (Å²) in [4.78, 5) is 0. The first-order valence-corrected chi connectivity index (χ1v) is 5.54. The third kappa shape index (κ3) is 2.89. The molecule has 2 rings (SSSR count). The molecule has 1 aliphatic heterocycles. The Morgan fingerprint density at radius 1 is 1.25 bits per heavy atom. The van der Waals surface area contributed by atoms with Crippen LogP contribution in [0.4, 0.5) is 0 Å². The third-order valence-corrected chi connectivity index (χ3v) is 2.78. The van der Waals surface area contributed by atoms with Gasteiger partial charge in [-0.05, 0) is 17.0 Å². The van der Waals surface area contributed by atoms with E-state index in [0.29, 0.717) is 0 Å². The van der Waals surface area contributed by atoms with E-state index in [9.17, 15) is 0 Å². The first-order chi connectivity index (χ1) is 7.07. The second kappa shape index (κ2) is 5.07. The predicted molar refractivity (Wildman–Crippen MR) is 69.6 cm³/mol. The Labute approximate surface area is 104 Å². The first-order valence-electron chi connectivity index (χ1n) is 5.54. The Morgan fingerprint density at radius 3 is 2.69 bits per heavy atom. The van der Waals surface area contributed by atoms with Crippen molar-refractivity contribution in [2.75, 3.05) is 13.2 Å². The summed E-state index contributed by atoms with van der Waals surface area (Å²) >= 11 is 0. The fourth-order valence-corrected chi connectivity index (χ4v) is 1.78. The molecule has 0 saturated carbocycles. The maximum atomic E-state index is 5.65. The molecule has 90 valence electrons. The van der Waals surface area contributed by atoms with Gasteiger partial charge in [0, 0.05) is 18.7 Å². The Hall–Kier alpha value is -0.730. The van der Waals surface area contributed by atoms with Gasteiger partial charge in [-0.1, -0.05) is 32.9 Å². The van der Waals surface area contributed by atoms with Gasteiger partial charge in [0.2, 0.25) is 0 Å². The van der Waals surface area contributed by atoms with Gasteiger partial charge in [-0.2, -0.15) is 0 Å². The first kappa shape index (κ1) is 13.3. The minimum absolute atomic E-state index is 0. The van der Waals surface area contributed by atoms with Gasteiger partial charge in [0.1, 0.15) is 12.4 Å². The molecule has 0 aliphatic carbocycles. The average molecular weight is 242 g/mol. The van der Waals surface area contributed by atoms with E-state index in [1.165, 1.54) is 11.1 Å². The van der Waals surface area contributed by atoms with E-state index in [1.54, 1.807) is 0 Å². The number of halogens is 1. The molecule has 0 spiro atoms. The molecule has 1 aromatic rings. The standard InChI is InChI=1S/C13H19NO.ClH/c1-13(2,3)11-4-5-12-10(8-11)9-14-6-7-15-12;/h4-5,8,14H,6-7,9H2,1-3H3;1H. The molecule has 0 unspecified atom stereocenters. The molecular formula is C13H20ClNO. The van der Waals surface area contributed by atoms with E-state index in [4.69, 9.17) is 4.74 Å². The van der Waals surface area contributed by atoms with Gasteiger partial charge < -0.3 is 10.1 Å². The van der Waals surface area contributed by atoms with Crippen molar-refractivity contribution in [3.05, 3.63) is 29.3 Å². The van der Waals surface area contributed by atoms with E-state index in [-0.39, 0.29) is 17.8 Å². The largest absolute Gasteiger partial charge is 0.492 e. The fraction of sp³-hybridized carbons (Fsp3) is 0.538. The number of hydrogen-bond acceptors (Lipinski definition) is 2. The van der Waals surface area contributed by atoms with Gasteiger partial charge in [-0.25, -0.2) is 0 Å². The summed E-state index contributed by atoms with van der Waals surface area (Å²) in [6, 6.07) is 6.53. The van der Waals surface area contributed by atoms with Crippen LogP contribution in [-0.2, 0) is 12.0 Å². The van der Waals surface area contributed by atoms with E-state index < -0.39 is 0 Å². The number of hydrogen-bond donors (Lipinski definition) is 1. The monoisotopic (exact) mass is 241 g/mol. The molecule has 16 heavy (non-hydrogen) atoms. The molecule has 1 aliphatic rings. The zero-order valence-corrected chi connectivity index (χ0v) is 11.0. The Kier molecular flexibility index (Phi) is 4.22. The summed E-state index contributed by atoms with van der Waals surface area (Å²) in [6.45, 7) is 9.32. The molecule has 0 radical (unpaired) electrons. The fourth-order valence-electron chi connectivity index (χ4n) is 1.78. The Bertz CT molecular complexity index is 357. The highest BCUT2D eigenvalue weighted by molar-refractivity contribution is 5.85. The van der Waals surface area contributed by atoms with Crippen molar-refractivity contribution in [2.45, 2.75) is 32.7 Å². The van der Waals surface area contributed by atoms with Gasteiger partial charge in [0.05, 0.1) is 0 Å². The average Bonchev–Trinajstić information content (AvgIpc) is 2.39. The lowest BCUT2D eigenvalue weighted by Crippen LogP contribution is -2.16. The predicted octanol–water partition coefficient (Wildman–Crippen LogP) is 2.89. The number of nitrogens with one attached hydrogen (secondary N) is 1. The number of rotatable bonds is 0. The molecule has 0 bridgehead atoms. The van der Waals surface area contributed by atoms with Gasteiger partial charge >= 0.3 is 0 Å². The minimum Gasteiger partial charge on any atom is -0.492 e. The molecular weight excluding hydrogens is 222 g/mol. The van der Waals surface area contributed by atoms with Gasteiger partial charge in [-0.15, -0.1) is 12.4 Å². The smallest absolute Gasteiger partial charge is 0.123 e. The molecule has 2 nitrogen and oxygen atoms in total. The number of ether oxygens (including phenoxy) is 1. The van der Waals surface area contributed by atoms with Crippen LogP contribution >= 0.6 is 12.4 Å². The number of fused-ring (bicyclic) bond motifs is 1. The highest BCUT2D eigenvalue weighted by Gasteiger charge is 2.16. The van der Waals surface area contributed by atoms with Crippen molar-refractivity contribution in [1.82, 2.24) is 5.32 Å². The van der Waals surface area contributed by atoms with Crippen LogP contribution < -0.4 is 10.1 Å². The van der Waals surface area contributed by atoms with Crippen molar-refractivity contribution in [3.8, 4) is 5.75 Å². The van der Waals surface area contributed by atoms with Crippen molar-refractivity contribution in [1.29, 1.82) is 0 Å². The topological polar surface area (TPSA) is 21.3 Å². The van der Waals surface area contributed by atoms with Crippen LogP contribution in [0, 0.1) is 0 Å². The second-order valence-corrected chi connectivity index (χ2v) is 5.10. The normalized spacial score (nSPS) is 15.4. The summed E-state index contributed by atoms with van der Waals surface area (Å²) < 4.78 is 5.65. The Morgan fingerprint density at radius 2 is 2.00 bits per heavy atom. The molecule has 3 heteroatoms. The van der Waals surface area contributed by atoms with Gasteiger partial charge in [-0.3, -0.25) is 0 Å². The molecule has 1 heterocycles. The summed E-state index contributed by atoms with van der Waals surface area (Å²) in [7, 11) is 0. The van der Waals surface area contributed by atoms with Crippen molar-refractivity contribution in [2.24, 2.45) is 0 Å². The highest BCUT2D eigenvalue weighted by Crippen LogP contribution is 2.28. The van der Waals surface area contributed by atoms with E-state index in [1.807, 2.05) is 0 Å². The SMILES string of the molecule is CC(C)(C)c1ccc2c(c1)CNCCO2.Cl. The lowest BCUT2D eigenvalue weighted by atomic mass is 9.86. The van der Waals surface area contributed by atoms with E-state index in [0.717, 1.165) is 25.4 Å². The van der Waals surface area contributed by atoms with Gasteiger partial charge in [0.15, 0.2) is 0 Å². The molecule has 1 aromatic carbocycles. The molecule has 0 fully saturated rings. The van der Waals surface area contributed by atoms with Crippen molar-refractivity contribution < 1.29 is 4.74 Å². The van der Waals surface area contributed by atoms with Crippen LogP contribution in [0.5, 0.6) is 5.75 Å². The lowest BCUT2D eigenvalue weighted by Gasteiger charge is -2.20. The molecule has 0 atom stereocenters. The summed E-state index contributed by atoms with van der Waals surface area (Å²) in [5.41, 5.74) is 2.86. The zero-order chi connectivity index (χ0) is 10.9. The Balaban J connectivity index is 0.00000128. The second-order valence-electron chi connectivity index (χ2n) is 5.10. The third-order valence-electron chi connectivity index (χ3n) is 2.78. The summed E-state index contributed by atoms with van der Waals surface area (Å²) in [5.74, 6) is 1.04. The van der Waals surface area contributed by atoms with Crippen LogP contribution in [0.15, 0.2) is 18.2 Å². The van der Waals surface area contributed by atoms with E-state index in [2.05, 4.69) is 44.3 Å². The summed E-state index contributed by atoms with van der Waals surface area (Å²) in [5, 5.41) is 3.36. The molecule has 0 amide bonds. The zero-order valence-electron chi connectivity index (χ0n) is 10.2. The van der Waals surface area contributed by atoms with Crippen LogP contribution in [-0.4, -0.2) is 13.2 Å². The highest BCUT2D eigenvalue weighted by atomic mass is 35.5. The number of benzene rings is 1. The van der Waals surface area contributed by atoms with E-state index >= 15 is 0 Å². The molecule has 1 N–H and O–H groups in total. The maximum Gasteiger partial charge on any atom is 0.123 e. The van der Waals surface area contributed by atoms with Crippen LogP contribution in [0.1, 0.15) is 31.9 Å².